The number of hydrogen-bond donors (Lipinski definition) is 12. The maximum atomic E-state index is 13.7. The number of amides is 2. The predicted molar refractivity (Wildman–Crippen MR) is 229 cm³/mol. The average molecular weight is 941 g/mol. The van der Waals surface area contributed by atoms with Crippen LogP contribution in [-0.4, -0.2) is 159 Å². The van der Waals surface area contributed by atoms with Gasteiger partial charge in [-0.3, -0.25) is 38.6 Å². The van der Waals surface area contributed by atoms with Gasteiger partial charge in [0.2, 0.25) is 11.6 Å². The number of nitrogens with zero attached hydrogens (tertiary/aromatic N) is 2. The molecule has 2 saturated carbocycles. The number of phenols is 2. The van der Waals surface area contributed by atoms with Crippen LogP contribution in [0.1, 0.15) is 48.4 Å². The summed E-state index contributed by atoms with van der Waals surface area (Å²) in [6.07, 6.45) is -1.85. The SMILES string of the molecule is CN(C)[C@@H]1C(=O)C(C(N)=O)=C(O)[C@@]2(O)C(=O)C3=C(O)c4c(O)ccc(Cl)c4[C@@](C)(O)[C@H]3C[C@@H]12.C[C@H]1c2cccc(O)c2C(O)=C2C(=O)[C@]3(O)C(O)=C(C(N)=O)C(=O)[C@@H](N(C)C)[C@@H]3[C@@H](O)[C@@H]21.O. The number of primary amides is 2. The molecular formula is C44H49ClN4O17. The molecule has 6 aliphatic rings. The van der Waals surface area contributed by atoms with E-state index >= 15 is 0 Å². The molecule has 354 valence electrons. The monoisotopic (exact) mass is 940 g/mol. The molecule has 21 nitrogen and oxygen atoms in total. The topological polar surface area (TPSA) is 395 Å². The zero-order chi connectivity index (χ0) is 48.6. The fourth-order valence-corrected chi connectivity index (χ4v) is 11.5. The summed E-state index contributed by atoms with van der Waals surface area (Å²) in [4.78, 5) is 80.0. The van der Waals surface area contributed by atoms with Crippen LogP contribution >= 0.6 is 11.6 Å². The van der Waals surface area contributed by atoms with E-state index in [9.17, 15) is 79.8 Å². The molecule has 11 atom stereocenters. The Morgan fingerprint density at radius 2 is 1.21 bits per heavy atom. The van der Waals surface area contributed by atoms with Crippen molar-refractivity contribution in [1.29, 1.82) is 0 Å². The van der Waals surface area contributed by atoms with Crippen LogP contribution in [0.2, 0.25) is 5.02 Å². The van der Waals surface area contributed by atoms with Crippen molar-refractivity contribution in [2.24, 2.45) is 35.1 Å². The van der Waals surface area contributed by atoms with Gasteiger partial charge >= 0.3 is 0 Å². The molecular weight excluding hydrogens is 892 g/mol. The molecule has 66 heavy (non-hydrogen) atoms. The summed E-state index contributed by atoms with van der Waals surface area (Å²) >= 11 is 6.28. The summed E-state index contributed by atoms with van der Waals surface area (Å²) in [6.45, 7) is 3.02. The number of hydrogen-bond acceptors (Lipinski definition) is 18. The van der Waals surface area contributed by atoms with Crippen LogP contribution in [0.25, 0.3) is 11.5 Å². The fourth-order valence-electron chi connectivity index (χ4n) is 11.2. The second kappa shape index (κ2) is 16.0. The second-order valence-corrected chi connectivity index (χ2v) is 18.3. The zero-order valence-corrected chi connectivity index (χ0v) is 36.8. The molecule has 0 spiro atoms. The molecule has 2 aromatic rings. The summed E-state index contributed by atoms with van der Waals surface area (Å²) in [5.74, 6) is -17.2. The van der Waals surface area contributed by atoms with Crippen molar-refractivity contribution >= 4 is 58.1 Å². The Balaban J connectivity index is 0.000000215. The van der Waals surface area contributed by atoms with Crippen LogP contribution in [-0.2, 0) is 34.4 Å². The van der Waals surface area contributed by atoms with Gasteiger partial charge in [0.25, 0.3) is 11.8 Å². The third kappa shape index (κ3) is 6.25. The number of aliphatic hydroxyl groups is 8. The number of fused-ring (bicyclic) bond motifs is 6. The molecule has 0 aromatic heterocycles. The molecule has 22 heteroatoms. The van der Waals surface area contributed by atoms with Gasteiger partial charge in [-0.25, -0.2) is 0 Å². The Hall–Kier alpha value is -6.17. The number of halogens is 1. The Morgan fingerprint density at radius 3 is 1.74 bits per heavy atom. The Kier molecular flexibility index (Phi) is 12.0. The quantitative estimate of drug-likeness (QED) is 0.163. The van der Waals surface area contributed by atoms with Crippen LogP contribution < -0.4 is 11.5 Å². The Labute approximate surface area is 379 Å². The van der Waals surface area contributed by atoms with Crippen LogP contribution in [0.15, 0.2) is 64.1 Å². The third-order valence-corrected chi connectivity index (χ3v) is 14.4. The lowest BCUT2D eigenvalue weighted by atomic mass is 9.54. The number of carbonyl (C=O) groups is 6. The minimum Gasteiger partial charge on any atom is -0.508 e. The van der Waals surface area contributed by atoms with Gasteiger partial charge in [-0.2, -0.15) is 0 Å². The number of benzene rings is 2. The van der Waals surface area contributed by atoms with Gasteiger partial charge in [0, 0.05) is 39.5 Å². The third-order valence-electron chi connectivity index (χ3n) is 14.1. The minimum atomic E-state index is -2.89. The van der Waals surface area contributed by atoms with E-state index in [2.05, 4.69) is 0 Å². The van der Waals surface area contributed by atoms with Crippen LogP contribution in [0, 0.1) is 23.7 Å². The fraction of sp³-hybridized carbons (Fsp3) is 0.409. The Bertz CT molecular complexity index is 2700. The van der Waals surface area contributed by atoms with Gasteiger partial charge < -0.3 is 68.0 Å². The van der Waals surface area contributed by atoms with Crippen LogP contribution in [0.5, 0.6) is 11.5 Å². The van der Waals surface area contributed by atoms with E-state index in [1.807, 2.05) is 0 Å². The smallest absolute Gasteiger partial charge is 0.255 e. The van der Waals surface area contributed by atoms with Gasteiger partial charge in [-0.15, -0.1) is 0 Å². The molecule has 0 bridgehead atoms. The maximum Gasteiger partial charge on any atom is 0.255 e. The molecule has 2 aromatic carbocycles. The van der Waals surface area contributed by atoms with E-state index in [0.717, 1.165) is 0 Å². The highest BCUT2D eigenvalue weighted by Gasteiger charge is 2.69. The molecule has 2 fully saturated rings. The molecule has 16 N–H and O–H groups in total. The highest BCUT2D eigenvalue weighted by atomic mass is 35.5. The van der Waals surface area contributed by atoms with Gasteiger partial charge in [-0.05, 0) is 71.2 Å². The normalized spacial score (nSPS) is 33.5. The number of aliphatic hydroxyl groups excluding tert-OH is 5. The first-order valence-corrected chi connectivity index (χ1v) is 20.5. The molecule has 6 aliphatic carbocycles. The minimum absolute atomic E-state index is 0. The van der Waals surface area contributed by atoms with Crippen LogP contribution in [0.4, 0.5) is 0 Å². The lowest BCUT2D eigenvalue weighted by Gasteiger charge is -2.53. The summed E-state index contributed by atoms with van der Waals surface area (Å²) in [6, 6.07) is 4.37. The second-order valence-electron chi connectivity index (χ2n) is 17.9. The van der Waals surface area contributed by atoms with Crippen molar-refractivity contribution in [3.05, 3.63) is 91.4 Å². The largest absolute Gasteiger partial charge is 0.508 e. The molecule has 0 unspecified atom stereocenters. The van der Waals surface area contributed by atoms with Gasteiger partial charge in [-0.1, -0.05) is 30.7 Å². The lowest BCUT2D eigenvalue weighted by Crippen LogP contribution is -2.70. The number of carbonyl (C=O) groups excluding carboxylic acids is 6. The number of ketones is 4. The maximum absolute atomic E-state index is 13.7. The van der Waals surface area contributed by atoms with Crippen molar-refractivity contribution < 1.29 is 85.3 Å². The van der Waals surface area contributed by atoms with E-state index in [-0.39, 0.29) is 39.4 Å². The standard InChI is InChI=1S/C22H23ClN2O8.C22H24N2O8.H2O/c1-21(32)7-6-8-15(25(2)3)17(28)13(20(24)31)19(30)22(8,33)18(29)11(7)16(27)12-10(26)5-4-9(23)14(12)21;1-7-8-5-4-6-9(25)11(8)16(26)12-10(7)17(27)14-15(24(2)3)18(28)13(21(23)31)20(30)22(14,32)19(12)29;/h4-5,7-8,15,26-27,30,32-33H,6H2,1-3H3,(H2,24,31);4-7,10,14-15,17,25-27,30,32H,1-3H3,(H2,23,31);1H2/t7-,8-,15-,21-,22-;7-,10+,14+,15-,17-,22-;/m00./s1. The van der Waals surface area contributed by atoms with E-state index in [1.165, 1.54) is 63.1 Å². The number of Topliss-reactive ketones (excluding diaryl/α,β-unsaturated/α-hetero) is 4. The molecule has 0 heterocycles. The highest BCUT2D eigenvalue weighted by Crippen LogP contribution is 2.59. The van der Waals surface area contributed by atoms with Gasteiger partial charge in [0.05, 0.1) is 40.8 Å². The van der Waals surface area contributed by atoms with Gasteiger partial charge in [0.1, 0.15) is 45.7 Å². The molecule has 0 aliphatic heterocycles. The Morgan fingerprint density at radius 1 is 0.727 bits per heavy atom. The number of nitrogens with two attached hydrogens (primary N) is 2. The van der Waals surface area contributed by atoms with Gasteiger partial charge in [0.15, 0.2) is 22.8 Å². The number of phenolic OH excluding ortho intramolecular Hbond substituents is 2. The molecule has 8 rings (SSSR count). The first-order valence-electron chi connectivity index (χ1n) is 20.1. The number of likely N-dealkylation sites (N-methyl/N-ethyl adjacent to an activating group) is 2. The predicted octanol–water partition coefficient (Wildman–Crippen LogP) is -1.05. The van der Waals surface area contributed by atoms with E-state index < -0.39 is 151 Å². The van der Waals surface area contributed by atoms with Crippen molar-refractivity contribution in [3.63, 3.8) is 0 Å². The summed E-state index contributed by atoms with van der Waals surface area (Å²) in [5, 5.41) is 110. The first kappa shape index (κ1) is 49.3. The molecule has 0 radical (unpaired) electrons. The molecule has 0 saturated heterocycles. The van der Waals surface area contributed by atoms with E-state index in [4.69, 9.17) is 23.1 Å². The van der Waals surface area contributed by atoms with E-state index in [1.54, 1.807) is 19.1 Å². The first-order chi connectivity index (χ1) is 30.0. The number of rotatable bonds is 4. The van der Waals surface area contributed by atoms with Crippen molar-refractivity contribution in [2.45, 2.75) is 61.2 Å². The number of aromatic hydroxyl groups is 2. The van der Waals surface area contributed by atoms with Crippen LogP contribution in [0.3, 0.4) is 0 Å². The summed E-state index contributed by atoms with van der Waals surface area (Å²) in [7, 11) is 5.89. The van der Waals surface area contributed by atoms with Crippen molar-refractivity contribution in [3.8, 4) is 11.5 Å². The summed E-state index contributed by atoms with van der Waals surface area (Å²) in [5.41, 5.74) is 0.364. The van der Waals surface area contributed by atoms with E-state index in [0.29, 0.717) is 5.56 Å². The average Bonchev–Trinajstić information content (AvgIpc) is 3.20. The van der Waals surface area contributed by atoms with Crippen molar-refractivity contribution in [1.82, 2.24) is 9.80 Å². The zero-order valence-electron chi connectivity index (χ0n) is 36.1. The lowest BCUT2D eigenvalue weighted by molar-refractivity contribution is -0.169. The molecule has 2 amide bonds. The highest BCUT2D eigenvalue weighted by molar-refractivity contribution is 6.32. The van der Waals surface area contributed by atoms with Crippen molar-refractivity contribution in [2.75, 3.05) is 28.2 Å². The summed E-state index contributed by atoms with van der Waals surface area (Å²) < 4.78 is 0.